The lowest BCUT2D eigenvalue weighted by Gasteiger charge is -2.11. The van der Waals surface area contributed by atoms with Gasteiger partial charge >= 0.3 is 0 Å². The van der Waals surface area contributed by atoms with Gasteiger partial charge in [-0.1, -0.05) is 17.7 Å². The molecule has 0 aliphatic heterocycles. The van der Waals surface area contributed by atoms with Crippen molar-refractivity contribution in [1.82, 2.24) is 5.32 Å². The maximum absolute atomic E-state index is 6.05. The van der Waals surface area contributed by atoms with E-state index in [-0.39, 0.29) is 0 Å². The van der Waals surface area contributed by atoms with E-state index < -0.39 is 0 Å². The molecule has 124 valence electrons. The Morgan fingerprint density at radius 3 is 2.96 bits per heavy atom. The zero-order valence-electron chi connectivity index (χ0n) is 13.2. The van der Waals surface area contributed by atoms with Gasteiger partial charge in [0.15, 0.2) is 5.96 Å². The van der Waals surface area contributed by atoms with Crippen molar-refractivity contribution in [3.8, 4) is 5.75 Å². The van der Waals surface area contributed by atoms with E-state index in [0.717, 1.165) is 24.2 Å². The molecule has 0 fully saturated rings. The second-order valence-corrected chi connectivity index (χ2v) is 6.43. The summed E-state index contributed by atoms with van der Waals surface area (Å²) in [5.74, 6) is 1.34. The van der Waals surface area contributed by atoms with Gasteiger partial charge in [0.1, 0.15) is 5.75 Å². The molecule has 0 saturated heterocycles. The molecule has 23 heavy (non-hydrogen) atoms. The van der Waals surface area contributed by atoms with E-state index in [4.69, 9.17) is 22.1 Å². The molecule has 4 nitrogen and oxygen atoms in total. The second kappa shape index (κ2) is 9.43. The van der Waals surface area contributed by atoms with Crippen molar-refractivity contribution < 1.29 is 4.74 Å². The Kier molecular flexibility index (Phi) is 7.23. The fraction of sp³-hybridized carbons (Fsp3) is 0.353. The Morgan fingerprint density at radius 2 is 2.22 bits per heavy atom. The zero-order valence-corrected chi connectivity index (χ0v) is 14.8. The monoisotopic (exact) mass is 351 g/mol. The molecular formula is C17H22ClN3OS. The summed E-state index contributed by atoms with van der Waals surface area (Å²) in [6.07, 6.45) is 1.69. The number of thiophene rings is 1. The first-order valence-electron chi connectivity index (χ1n) is 7.66. The molecule has 2 aromatic rings. The predicted molar refractivity (Wildman–Crippen MR) is 98.8 cm³/mol. The highest BCUT2D eigenvalue weighted by atomic mass is 35.5. The normalized spacial score (nSPS) is 11.5. The first-order chi connectivity index (χ1) is 11.2. The molecule has 0 aliphatic rings. The summed E-state index contributed by atoms with van der Waals surface area (Å²) in [7, 11) is 0. The molecule has 1 aromatic heterocycles. The van der Waals surface area contributed by atoms with Crippen LogP contribution in [-0.2, 0) is 12.8 Å². The van der Waals surface area contributed by atoms with Crippen molar-refractivity contribution in [2.75, 3.05) is 19.7 Å². The summed E-state index contributed by atoms with van der Waals surface area (Å²) in [6, 6.07) is 9.83. The minimum Gasteiger partial charge on any atom is -0.494 e. The van der Waals surface area contributed by atoms with Crippen LogP contribution in [0.5, 0.6) is 5.75 Å². The number of ether oxygens (including phenoxy) is 1. The van der Waals surface area contributed by atoms with Crippen LogP contribution < -0.4 is 15.8 Å². The lowest BCUT2D eigenvalue weighted by atomic mass is 10.1. The van der Waals surface area contributed by atoms with Gasteiger partial charge in [-0.05, 0) is 48.6 Å². The van der Waals surface area contributed by atoms with E-state index in [2.05, 4.69) is 21.8 Å². The van der Waals surface area contributed by atoms with Gasteiger partial charge in [0.25, 0.3) is 0 Å². The van der Waals surface area contributed by atoms with Crippen molar-refractivity contribution in [1.29, 1.82) is 0 Å². The maximum Gasteiger partial charge on any atom is 0.188 e. The van der Waals surface area contributed by atoms with Gasteiger partial charge in [-0.2, -0.15) is 0 Å². The van der Waals surface area contributed by atoms with Crippen molar-refractivity contribution in [2.24, 2.45) is 10.7 Å². The minimum atomic E-state index is 0.474. The highest BCUT2D eigenvalue weighted by Crippen LogP contribution is 2.23. The third-order valence-electron chi connectivity index (χ3n) is 3.24. The lowest BCUT2D eigenvalue weighted by molar-refractivity contribution is 0.336. The van der Waals surface area contributed by atoms with E-state index in [9.17, 15) is 0 Å². The summed E-state index contributed by atoms with van der Waals surface area (Å²) < 4.78 is 5.61. The molecule has 3 N–H and O–H groups in total. The minimum absolute atomic E-state index is 0.474. The van der Waals surface area contributed by atoms with E-state index in [1.165, 1.54) is 4.88 Å². The molecule has 0 aliphatic carbocycles. The number of aliphatic imine (C=N–C) groups is 1. The van der Waals surface area contributed by atoms with Crippen LogP contribution in [0, 0.1) is 0 Å². The van der Waals surface area contributed by atoms with Gasteiger partial charge in [0.2, 0.25) is 0 Å². The quantitative estimate of drug-likeness (QED) is 0.565. The van der Waals surface area contributed by atoms with Gasteiger partial charge in [0, 0.05) is 29.4 Å². The third kappa shape index (κ3) is 6.12. The fourth-order valence-corrected chi connectivity index (χ4v) is 3.06. The van der Waals surface area contributed by atoms with Crippen LogP contribution >= 0.6 is 22.9 Å². The van der Waals surface area contributed by atoms with Crippen LogP contribution in [0.4, 0.5) is 0 Å². The SMILES string of the molecule is CCOc1ccc(Cl)cc1CCNC(N)=NCCc1cccs1. The first kappa shape index (κ1) is 17.6. The van der Waals surface area contributed by atoms with E-state index in [1.54, 1.807) is 11.3 Å². The fourth-order valence-electron chi connectivity index (χ4n) is 2.16. The Hall–Kier alpha value is -1.72. The summed E-state index contributed by atoms with van der Waals surface area (Å²) in [5, 5.41) is 5.91. The molecule has 0 radical (unpaired) electrons. The Bertz CT molecular complexity index is 629. The molecule has 6 heteroatoms. The molecule has 0 amide bonds. The summed E-state index contributed by atoms with van der Waals surface area (Å²) in [4.78, 5) is 5.66. The lowest BCUT2D eigenvalue weighted by Crippen LogP contribution is -2.33. The highest BCUT2D eigenvalue weighted by molar-refractivity contribution is 7.09. The Balaban J connectivity index is 1.78. The molecular weight excluding hydrogens is 330 g/mol. The summed E-state index contributed by atoms with van der Waals surface area (Å²) in [5.41, 5.74) is 6.96. The number of rotatable bonds is 8. The molecule has 0 atom stereocenters. The molecule has 2 rings (SSSR count). The van der Waals surface area contributed by atoms with Gasteiger partial charge in [-0.3, -0.25) is 4.99 Å². The molecule has 0 unspecified atom stereocenters. The number of guanidine groups is 1. The van der Waals surface area contributed by atoms with Crippen molar-refractivity contribution in [3.63, 3.8) is 0 Å². The van der Waals surface area contributed by atoms with E-state index in [1.807, 2.05) is 31.2 Å². The molecule has 1 aromatic carbocycles. The standard InChI is InChI=1S/C17H22ClN3OS/c1-2-22-16-6-5-14(18)12-13(16)7-9-20-17(19)21-10-8-15-4-3-11-23-15/h3-6,11-12H,2,7-10H2,1H3,(H3,19,20,21). The van der Waals surface area contributed by atoms with Crippen molar-refractivity contribution in [2.45, 2.75) is 19.8 Å². The van der Waals surface area contributed by atoms with Crippen LogP contribution in [-0.4, -0.2) is 25.7 Å². The number of hydrogen-bond acceptors (Lipinski definition) is 3. The third-order valence-corrected chi connectivity index (χ3v) is 4.41. The number of halogens is 1. The Labute approximate surface area is 146 Å². The van der Waals surface area contributed by atoms with Gasteiger partial charge < -0.3 is 15.8 Å². The highest BCUT2D eigenvalue weighted by Gasteiger charge is 2.04. The first-order valence-corrected chi connectivity index (χ1v) is 8.92. The number of nitrogens with zero attached hydrogens (tertiary/aromatic N) is 1. The van der Waals surface area contributed by atoms with Gasteiger partial charge in [-0.15, -0.1) is 11.3 Å². The average Bonchev–Trinajstić information content (AvgIpc) is 3.03. The van der Waals surface area contributed by atoms with Gasteiger partial charge in [-0.25, -0.2) is 0 Å². The second-order valence-electron chi connectivity index (χ2n) is 4.96. The topological polar surface area (TPSA) is 59.6 Å². The van der Waals surface area contributed by atoms with Crippen molar-refractivity contribution in [3.05, 3.63) is 51.2 Å². The van der Waals surface area contributed by atoms with Crippen LogP contribution in [0.2, 0.25) is 5.02 Å². The maximum atomic E-state index is 6.05. The van der Waals surface area contributed by atoms with Crippen molar-refractivity contribution >= 4 is 28.9 Å². The van der Waals surface area contributed by atoms with Crippen LogP contribution in [0.25, 0.3) is 0 Å². The van der Waals surface area contributed by atoms with E-state index >= 15 is 0 Å². The number of nitrogens with one attached hydrogen (secondary N) is 1. The number of benzene rings is 1. The van der Waals surface area contributed by atoms with E-state index in [0.29, 0.717) is 30.7 Å². The predicted octanol–water partition coefficient (Wildman–Crippen LogP) is 3.49. The zero-order chi connectivity index (χ0) is 16.5. The number of nitrogens with two attached hydrogens (primary N) is 1. The summed E-state index contributed by atoms with van der Waals surface area (Å²) >= 11 is 7.79. The molecule has 0 bridgehead atoms. The molecule has 0 saturated carbocycles. The Morgan fingerprint density at radius 1 is 1.35 bits per heavy atom. The summed E-state index contributed by atoms with van der Waals surface area (Å²) in [6.45, 7) is 3.98. The molecule has 0 spiro atoms. The van der Waals surface area contributed by atoms with Gasteiger partial charge in [0.05, 0.1) is 6.61 Å². The van der Waals surface area contributed by atoms with Crippen LogP contribution in [0.1, 0.15) is 17.4 Å². The largest absolute Gasteiger partial charge is 0.494 e. The van der Waals surface area contributed by atoms with Crippen LogP contribution in [0.3, 0.4) is 0 Å². The molecule has 1 heterocycles. The average molecular weight is 352 g/mol. The smallest absolute Gasteiger partial charge is 0.188 e. The van der Waals surface area contributed by atoms with Crippen LogP contribution in [0.15, 0.2) is 40.7 Å². The number of hydrogen-bond donors (Lipinski definition) is 2.